The minimum atomic E-state index is -0.647. The number of piperazine rings is 1. The summed E-state index contributed by atoms with van der Waals surface area (Å²) < 4.78 is 5.40. The lowest BCUT2D eigenvalue weighted by molar-refractivity contribution is -0.143. The highest BCUT2D eigenvalue weighted by atomic mass is 16.6. The number of ether oxygens (including phenoxy) is 1. The molecule has 0 aromatic heterocycles. The zero-order valence-corrected chi connectivity index (χ0v) is 15.2. The summed E-state index contributed by atoms with van der Waals surface area (Å²) in [6.45, 7) is 4.43. The summed E-state index contributed by atoms with van der Waals surface area (Å²) in [7, 11) is 0. The first-order chi connectivity index (χ1) is 12.6. The van der Waals surface area contributed by atoms with Crippen LogP contribution in [0.5, 0.6) is 0 Å². The maximum absolute atomic E-state index is 12.2. The van der Waals surface area contributed by atoms with Crippen LogP contribution in [-0.4, -0.2) is 59.7 Å². The van der Waals surface area contributed by atoms with Gasteiger partial charge in [-0.3, -0.25) is 9.69 Å². The van der Waals surface area contributed by atoms with Gasteiger partial charge in [-0.05, 0) is 37.2 Å². The van der Waals surface area contributed by atoms with Gasteiger partial charge in [0.2, 0.25) is 0 Å². The number of amides is 1. The third-order valence-corrected chi connectivity index (χ3v) is 5.55. The Morgan fingerprint density at radius 1 is 1.00 bits per heavy atom. The second-order valence-corrected chi connectivity index (χ2v) is 7.38. The van der Waals surface area contributed by atoms with Crippen LogP contribution in [-0.2, 0) is 16.1 Å². The van der Waals surface area contributed by atoms with Gasteiger partial charge >= 0.3 is 12.1 Å². The molecule has 1 N–H and O–H groups in total. The minimum absolute atomic E-state index is 0.150. The molecule has 26 heavy (non-hydrogen) atoms. The van der Waals surface area contributed by atoms with Crippen molar-refractivity contribution in [3.8, 4) is 0 Å². The van der Waals surface area contributed by atoms with Gasteiger partial charge in [0.15, 0.2) is 0 Å². The Morgan fingerprint density at radius 3 is 2.27 bits per heavy atom. The monoisotopic (exact) mass is 360 g/mol. The molecule has 0 unspecified atom stereocenters. The van der Waals surface area contributed by atoms with Crippen LogP contribution in [0, 0.1) is 11.8 Å². The molecule has 3 rings (SSSR count). The van der Waals surface area contributed by atoms with Crippen LogP contribution in [0.25, 0.3) is 0 Å². The van der Waals surface area contributed by atoms with Crippen LogP contribution in [0.15, 0.2) is 30.3 Å². The van der Waals surface area contributed by atoms with Crippen molar-refractivity contribution in [1.82, 2.24) is 9.80 Å². The molecule has 1 aromatic carbocycles. The van der Waals surface area contributed by atoms with Crippen molar-refractivity contribution >= 4 is 12.1 Å². The van der Waals surface area contributed by atoms with Crippen LogP contribution < -0.4 is 0 Å². The largest absolute Gasteiger partial charge is 0.481 e. The van der Waals surface area contributed by atoms with Crippen LogP contribution in [0.3, 0.4) is 0 Å². The van der Waals surface area contributed by atoms with E-state index in [2.05, 4.69) is 4.90 Å². The Balaban J connectivity index is 1.35. The summed E-state index contributed by atoms with van der Waals surface area (Å²) in [4.78, 5) is 27.4. The van der Waals surface area contributed by atoms with E-state index in [1.807, 2.05) is 30.3 Å². The normalized spacial score (nSPS) is 24.2. The third-order valence-electron chi connectivity index (χ3n) is 5.55. The molecule has 6 nitrogen and oxygen atoms in total. The van der Waals surface area contributed by atoms with E-state index in [-0.39, 0.29) is 12.0 Å². The predicted molar refractivity (Wildman–Crippen MR) is 97.7 cm³/mol. The molecule has 1 aliphatic heterocycles. The lowest BCUT2D eigenvalue weighted by atomic mass is 9.82. The molecule has 6 heteroatoms. The number of carbonyl (C=O) groups is 2. The first-order valence-electron chi connectivity index (χ1n) is 9.52. The average molecular weight is 360 g/mol. The van der Waals surface area contributed by atoms with Gasteiger partial charge in [-0.25, -0.2) is 4.79 Å². The molecule has 2 aliphatic rings. The fourth-order valence-electron chi connectivity index (χ4n) is 3.88. The number of aliphatic carboxylic acids is 1. The zero-order chi connectivity index (χ0) is 18.4. The Labute approximate surface area is 154 Å². The van der Waals surface area contributed by atoms with Gasteiger partial charge in [-0.2, -0.15) is 0 Å². The van der Waals surface area contributed by atoms with Crippen molar-refractivity contribution in [3.05, 3.63) is 35.9 Å². The van der Waals surface area contributed by atoms with Crippen molar-refractivity contribution in [2.45, 2.75) is 32.3 Å². The molecule has 0 spiro atoms. The second-order valence-electron chi connectivity index (χ2n) is 7.38. The number of carbonyl (C=O) groups excluding carboxylic acids is 1. The maximum atomic E-state index is 12.2. The Bertz CT molecular complexity index is 591. The average Bonchev–Trinajstić information content (AvgIpc) is 2.68. The fourth-order valence-corrected chi connectivity index (χ4v) is 3.88. The first kappa shape index (κ1) is 18.7. The molecule has 1 aliphatic carbocycles. The number of hydrogen-bond donors (Lipinski definition) is 1. The number of hydrogen-bond acceptors (Lipinski definition) is 4. The summed E-state index contributed by atoms with van der Waals surface area (Å²) >= 11 is 0. The topological polar surface area (TPSA) is 70.1 Å². The molecule has 1 aromatic rings. The van der Waals surface area contributed by atoms with E-state index >= 15 is 0 Å². The van der Waals surface area contributed by atoms with E-state index in [0.717, 1.165) is 50.9 Å². The van der Waals surface area contributed by atoms with Crippen molar-refractivity contribution in [1.29, 1.82) is 0 Å². The smallest absolute Gasteiger partial charge is 0.410 e. The second kappa shape index (κ2) is 9.03. The summed E-state index contributed by atoms with van der Waals surface area (Å²) in [5.41, 5.74) is 0.997. The van der Waals surface area contributed by atoms with Gasteiger partial charge in [0.1, 0.15) is 6.61 Å². The van der Waals surface area contributed by atoms with Gasteiger partial charge in [-0.1, -0.05) is 30.3 Å². The van der Waals surface area contributed by atoms with Crippen molar-refractivity contribution in [2.24, 2.45) is 11.8 Å². The van der Waals surface area contributed by atoms with E-state index in [1.54, 1.807) is 4.90 Å². The van der Waals surface area contributed by atoms with Crippen LogP contribution in [0.4, 0.5) is 4.79 Å². The molecule has 1 saturated heterocycles. The molecule has 0 radical (unpaired) electrons. The molecule has 1 amide bonds. The van der Waals surface area contributed by atoms with Crippen molar-refractivity contribution in [3.63, 3.8) is 0 Å². The van der Waals surface area contributed by atoms with E-state index < -0.39 is 5.97 Å². The predicted octanol–water partition coefficient (Wildman–Crippen LogP) is 2.83. The Hall–Kier alpha value is -2.08. The highest BCUT2D eigenvalue weighted by Gasteiger charge is 2.28. The lowest BCUT2D eigenvalue weighted by Gasteiger charge is -2.37. The summed E-state index contributed by atoms with van der Waals surface area (Å²) in [6, 6.07) is 9.71. The fraction of sp³-hybridized carbons (Fsp3) is 0.600. The highest BCUT2D eigenvalue weighted by molar-refractivity contribution is 5.70. The molecule has 2 fully saturated rings. The van der Waals surface area contributed by atoms with Crippen LogP contribution >= 0.6 is 0 Å². The van der Waals surface area contributed by atoms with E-state index in [1.165, 1.54) is 0 Å². The number of benzene rings is 1. The summed E-state index contributed by atoms with van der Waals surface area (Å²) in [5.74, 6) is -0.212. The highest BCUT2D eigenvalue weighted by Crippen LogP contribution is 2.29. The number of nitrogens with zero attached hydrogens (tertiary/aromatic N) is 2. The molecule has 0 bridgehead atoms. The Kier molecular flexibility index (Phi) is 6.50. The zero-order valence-electron chi connectivity index (χ0n) is 15.2. The molecule has 1 saturated carbocycles. The molecule has 1 heterocycles. The molecule has 142 valence electrons. The van der Waals surface area contributed by atoms with Crippen LogP contribution in [0.2, 0.25) is 0 Å². The van der Waals surface area contributed by atoms with Gasteiger partial charge < -0.3 is 14.7 Å². The number of carboxylic acid groups (broad SMARTS) is 1. The van der Waals surface area contributed by atoms with E-state index in [9.17, 15) is 9.59 Å². The molecular weight excluding hydrogens is 332 g/mol. The lowest BCUT2D eigenvalue weighted by Crippen LogP contribution is -2.50. The first-order valence-corrected chi connectivity index (χ1v) is 9.52. The summed E-state index contributed by atoms with van der Waals surface area (Å²) in [6.07, 6.45) is 3.35. The third kappa shape index (κ3) is 5.21. The van der Waals surface area contributed by atoms with Crippen LogP contribution in [0.1, 0.15) is 31.2 Å². The van der Waals surface area contributed by atoms with Gasteiger partial charge in [0, 0.05) is 32.7 Å². The minimum Gasteiger partial charge on any atom is -0.481 e. The van der Waals surface area contributed by atoms with Gasteiger partial charge in [0.05, 0.1) is 5.92 Å². The van der Waals surface area contributed by atoms with E-state index in [0.29, 0.717) is 25.6 Å². The molecule has 0 atom stereocenters. The molecular formula is C20H28N2O4. The Morgan fingerprint density at radius 2 is 1.65 bits per heavy atom. The quantitative estimate of drug-likeness (QED) is 0.874. The maximum Gasteiger partial charge on any atom is 0.410 e. The van der Waals surface area contributed by atoms with Crippen molar-refractivity contribution in [2.75, 3.05) is 32.7 Å². The van der Waals surface area contributed by atoms with Gasteiger partial charge in [0.25, 0.3) is 0 Å². The SMILES string of the molecule is O=C(O)C1CCC(CN2CCN(C(=O)OCc3ccccc3)CC2)CC1. The number of carboxylic acids is 1. The summed E-state index contributed by atoms with van der Waals surface area (Å²) in [5, 5.41) is 9.08. The van der Waals surface area contributed by atoms with Gasteiger partial charge in [-0.15, -0.1) is 0 Å². The van der Waals surface area contributed by atoms with E-state index in [4.69, 9.17) is 9.84 Å². The standard InChI is InChI=1S/C20H28N2O4/c23-19(24)18-8-6-16(7-9-18)14-21-10-12-22(13-11-21)20(25)26-15-17-4-2-1-3-5-17/h1-5,16,18H,6-15H2,(H,23,24). The number of rotatable bonds is 5. The van der Waals surface area contributed by atoms with Crippen molar-refractivity contribution < 1.29 is 19.4 Å².